The van der Waals surface area contributed by atoms with Crippen LogP contribution in [0.2, 0.25) is 0 Å². The predicted molar refractivity (Wildman–Crippen MR) is 141 cm³/mol. The highest BCUT2D eigenvalue weighted by Gasteiger charge is 2.38. The van der Waals surface area contributed by atoms with E-state index in [1.807, 2.05) is 18.2 Å². The fraction of sp³-hybridized carbons (Fsp3) is 0.346. The van der Waals surface area contributed by atoms with E-state index >= 15 is 0 Å². The molecule has 1 amide bonds. The second-order valence-electron chi connectivity index (χ2n) is 9.59. The van der Waals surface area contributed by atoms with E-state index in [4.69, 9.17) is 4.74 Å². The molecular formula is C26H28N6O3S. The lowest BCUT2D eigenvalue weighted by molar-refractivity contribution is 0.102. The zero-order valence-electron chi connectivity index (χ0n) is 20.0. The Balaban J connectivity index is 1.23. The second kappa shape index (κ2) is 9.11. The van der Waals surface area contributed by atoms with Crippen molar-refractivity contribution >= 4 is 39.4 Å². The topological polar surface area (TPSA) is 105 Å². The van der Waals surface area contributed by atoms with Gasteiger partial charge in [0.1, 0.15) is 11.4 Å². The minimum absolute atomic E-state index is 0.0557. The minimum atomic E-state index is -0.307. The number of carbonyl (C=O) groups is 1. The number of aromatic nitrogens is 3. The molecule has 0 radical (unpaired) electrons. The number of ether oxygens (including phenoxy) is 1. The van der Waals surface area contributed by atoms with Crippen LogP contribution in [0, 0.1) is 5.41 Å². The lowest BCUT2D eigenvalue weighted by Gasteiger charge is -2.41. The van der Waals surface area contributed by atoms with Crippen LogP contribution in [-0.2, 0) is 0 Å². The van der Waals surface area contributed by atoms with Gasteiger partial charge in [-0.25, -0.2) is 4.98 Å². The summed E-state index contributed by atoms with van der Waals surface area (Å²) in [6.07, 6.45) is 8.83. The molecule has 1 unspecified atom stereocenters. The molecule has 0 aliphatic carbocycles. The molecule has 3 N–H and O–H groups in total. The van der Waals surface area contributed by atoms with E-state index in [0.717, 1.165) is 43.7 Å². The van der Waals surface area contributed by atoms with Gasteiger partial charge in [0.05, 0.1) is 24.7 Å². The number of piperidine rings is 1. The van der Waals surface area contributed by atoms with Crippen molar-refractivity contribution in [2.45, 2.75) is 19.3 Å². The van der Waals surface area contributed by atoms with Crippen molar-refractivity contribution in [2.75, 3.05) is 43.5 Å². The van der Waals surface area contributed by atoms with E-state index in [1.165, 1.54) is 24.2 Å². The fourth-order valence-electron chi connectivity index (χ4n) is 5.43. The number of hydrogen-bond acceptors (Lipinski definition) is 8. The Labute approximate surface area is 212 Å². The van der Waals surface area contributed by atoms with E-state index in [9.17, 15) is 9.90 Å². The van der Waals surface area contributed by atoms with Crippen molar-refractivity contribution in [1.29, 1.82) is 0 Å². The molecule has 0 bridgehead atoms. The Morgan fingerprint density at radius 1 is 1.31 bits per heavy atom. The first kappa shape index (κ1) is 22.8. The Morgan fingerprint density at radius 3 is 3.06 bits per heavy atom. The fourth-order valence-corrected chi connectivity index (χ4v) is 6.21. The number of nitrogens with one attached hydrogen (secondary N) is 2. The molecule has 2 saturated heterocycles. The maximum atomic E-state index is 13.2. The summed E-state index contributed by atoms with van der Waals surface area (Å²) in [5.74, 6) is 0.407. The van der Waals surface area contributed by atoms with Crippen molar-refractivity contribution in [3.05, 3.63) is 53.9 Å². The number of anilines is 2. The minimum Gasteiger partial charge on any atom is -0.497 e. The third-order valence-electron chi connectivity index (χ3n) is 7.31. The van der Waals surface area contributed by atoms with Crippen LogP contribution in [0.25, 0.3) is 15.9 Å². The van der Waals surface area contributed by atoms with Crippen molar-refractivity contribution in [1.82, 2.24) is 19.9 Å². The van der Waals surface area contributed by atoms with E-state index in [-0.39, 0.29) is 17.5 Å². The Hall–Kier alpha value is -3.63. The average Bonchev–Trinajstić information content (AvgIpc) is 3.64. The van der Waals surface area contributed by atoms with E-state index in [1.54, 1.807) is 41.7 Å². The Kier molecular flexibility index (Phi) is 5.77. The van der Waals surface area contributed by atoms with Crippen molar-refractivity contribution < 1.29 is 14.6 Å². The van der Waals surface area contributed by atoms with Gasteiger partial charge in [-0.05, 0) is 50.1 Å². The van der Waals surface area contributed by atoms with Crippen LogP contribution in [0.1, 0.15) is 29.8 Å². The molecule has 4 aromatic rings. The normalized spacial score (nSPS) is 19.8. The summed E-state index contributed by atoms with van der Waals surface area (Å²) in [6.45, 7) is 4.05. The number of aromatic hydroxyl groups is 1. The van der Waals surface area contributed by atoms with Crippen molar-refractivity contribution in [2.24, 2.45) is 5.41 Å². The van der Waals surface area contributed by atoms with Crippen molar-refractivity contribution in [3.8, 4) is 16.8 Å². The highest BCUT2D eigenvalue weighted by molar-refractivity contribution is 7.12. The number of amides is 1. The molecule has 6 rings (SSSR count). The molecule has 9 nitrogen and oxygen atoms in total. The number of nitrogens with zero attached hydrogens (tertiary/aromatic N) is 4. The highest BCUT2D eigenvalue weighted by Crippen LogP contribution is 2.39. The van der Waals surface area contributed by atoms with Gasteiger partial charge >= 0.3 is 0 Å². The number of carbonyl (C=O) groups excluding carboxylic acids is 1. The Morgan fingerprint density at radius 2 is 2.22 bits per heavy atom. The summed E-state index contributed by atoms with van der Waals surface area (Å²) in [7, 11) is 1.59. The second-order valence-corrected chi connectivity index (χ2v) is 10.4. The lowest BCUT2D eigenvalue weighted by atomic mass is 9.79. The lowest BCUT2D eigenvalue weighted by Crippen LogP contribution is -2.44. The maximum Gasteiger partial charge on any atom is 0.275 e. The van der Waals surface area contributed by atoms with E-state index < -0.39 is 0 Å². The molecule has 2 aliphatic heterocycles. The summed E-state index contributed by atoms with van der Waals surface area (Å²) in [4.78, 5) is 24.3. The van der Waals surface area contributed by atoms with Crippen LogP contribution >= 0.6 is 11.3 Å². The number of benzene rings is 1. The summed E-state index contributed by atoms with van der Waals surface area (Å²) >= 11 is 1.29. The molecule has 2 fully saturated rings. The number of fused-ring (bicyclic) bond motifs is 1. The quantitative estimate of drug-likeness (QED) is 0.377. The molecule has 0 saturated carbocycles. The van der Waals surface area contributed by atoms with Gasteiger partial charge in [-0.15, -0.1) is 11.3 Å². The first-order valence-electron chi connectivity index (χ1n) is 12.1. The standard InChI is InChI=1S/C26H28N6O3S/c1-35-18-4-3-17-13-32(24(34)19(17)11-18)25-30-21(14-36-25)23(33)29-20-12-27-8-5-22(20)31-10-2-6-26(16-31)7-9-28-15-26/h3-5,8,11-14,28,34H,2,6-7,9-10,15-16H2,1H3,(H,29,33). The summed E-state index contributed by atoms with van der Waals surface area (Å²) in [6, 6.07) is 7.47. The molecule has 1 aromatic carbocycles. The van der Waals surface area contributed by atoms with Gasteiger partial charge in [0.25, 0.3) is 5.91 Å². The summed E-state index contributed by atoms with van der Waals surface area (Å²) < 4.78 is 6.85. The molecule has 186 valence electrons. The molecule has 1 spiro atoms. The van der Waals surface area contributed by atoms with Gasteiger partial charge < -0.3 is 25.4 Å². The van der Waals surface area contributed by atoms with Crippen LogP contribution in [0.3, 0.4) is 0 Å². The third-order valence-corrected chi connectivity index (χ3v) is 8.15. The highest BCUT2D eigenvalue weighted by atomic mass is 32.1. The molecular weight excluding hydrogens is 476 g/mol. The number of rotatable bonds is 5. The Bertz CT molecular complexity index is 1420. The van der Waals surface area contributed by atoms with Gasteiger partial charge in [-0.1, -0.05) is 0 Å². The van der Waals surface area contributed by atoms with Crippen LogP contribution in [0.15, 0.2) is 48.2 Å². The first-order valence-corrected chi connectivity index (χ1v) is 13.0. The van der Waals surface area contributed by atoms with Gasteiger partial charge in [-0.3, -0.25) is 14.3 Å². The SMILES string of the molecule is COc1ccc2cn(-c3nc(C(=O)Nc4cnccc4N4CCCC5(CCNC5)C4)cs3)c(O)c2c1. The van der Waals surface area contributed by atoms with Gasteiger partial charge in [-0.2, -0.15) is 0 Å². The van der Waals surface area contributed by atoms with Crippen LogP contribution in [0.5, 0.6) is 11.6 Å². The van der Waals surface area contributed by atoms with E-state index in [2.05, 4.69) is 25.5 Å². The molecule has 5 heterocycles. The van der Waals surface area contributed by atoms with Crippen LogP contribution in [0.4, 0.5) is 11.4 Å². The van der Waals surface area contributed by atoms with Crippen LogP contribution < -0.4 is 20.3 Å². The van der Waals surface area contributed by atoms with Gasteiger partial charge in [0.15, 0.2) is 5.13 Å². The van der Waals surface area contributed by atoms with Crippen molar-refractivity contribution in [3.63, 3.8) is 0 Å². The number of methoxy groups -OCH3 is 1. The maximum absolute atomic E-state index is 13.2. The average molecular weight is 505 g/mol. The van der Waals surface area contributed by atoms with Gasteiger partial charge in [0, 0.05) is 53.6 Å². The number of hydrogen-bond donors (Lipinski definition) is 3. The van der Waals surface area contributed by atoms with Crippen LogP contribution in [-0.4, -0.2) is 58.8 Å². The third kappa shape index (κ3) is 4.06. The van der Waals surface area contributed by atoms with E-state index in [0.29, 0.717) is 27.4 Å². The predicted octanol–water partition coefficient (Wildman–Crippen LogP) is 4.03. The summed E-state index contributed by atoms with van der Waals surface area (Å²) in [5.41, 5.74) is 2.26. The first-order chi connectivity index (χ1) is 17.5. The zero-order valence-corrected chi connectivity index (χ0v) is 20.8. The molecule has 1 atom stereocenters. The molecule has 36 heavy (non-hydrogen) atoms. The number of pyridine rings is 1. The monoisotopic (exact) mass is 504 g/mol. The zero-order chi connectivity index (χ0) is 24.7. The summed E-state index contributed by atoms with van der Waals surface area (Å²) in [5, 5.41) is 21.0. The molecule has 3 aromatic heterocycles. The molecule has 10 heteroatoms. The van der Waals surface area contributed by atoms with Gasteiger partial charge in [0.2, 0.25) is 5.88 Å². The largest absolute Gasteiger partial charge is 0.497 e. The number of thiazole rings is 1. The smallest absolute Gasteiger partial charge is 0.275 e. The molecule has 2 aliphatic rings.